The van der Waals surface area contributed by atoms with Crippen LogP contribution in [0.5, 0.6) is 0 Å². The molecule has 2 aliphatic rings. The minimum atomic E-state index is -0.184. The summed E-state index contributed by atoms with van der Waals surface area (Å²) in [6.07, 6.45) is 12.9. The van der Waals surface area contributed by atoms with Gasteiger partial charge in [0.25, 0.3) is 0 Å². The van der Waals surface area contributed by atoms with Crippen molar-refractivity contribution in [2.75, 3.05) is 4.90 Å². The molecule has 0 aromatic heterocycles. The van der Waals surface area contributed by atoms with E-state index in [0.29, 0.717) is 5.91 Å². The van der Waals surface area contributed by atoms with Crippen molar-refractivity contribution in [2.24, 2.45) is 5.41 Å². The Labute approximate surface area is 139 Å². The van der Waals surface area contributed by atoms with Gasteiger partial charge in [-0.15, -0.1) is 0 Å². The molecule has 0 spiro atoms. The number of allylic oxidation sites excluding steroid dienone is 3. The predicted octanol–water partition coefficient (Wildman–Crippen LogP) is 5.26. The molecular formula is C21H27NO. The van der Waals surface area contributed by atoms with Crippen molar-refractivity contribution in [3.05, 3.63) is 54.1 Å². The maximum atomic E-state index is 13.2. The van der Waals surface area contributed by atoms with E-state index in [1.165, 1.54) is 5.57 Å². The van der Waals surface area contributed by atoms with Crippen molar-refractivity contribution >= 4 is 11.6 Å². The maximum absolute atomic E-state index is 13.2. The Morgan fingerprint density at radius 2 is 1.83 bits per heavy atom. The summed E-state index contributed by atoms with van der Waals surface area (Å²) >= 11 is 0. The summed E-state index contributed by atoms with van der Waals surface area (Å²) in [6, 6.07) is 10.4. The molecule has 2 nitrogen and oxygen atoms in total. The first-order valence-corrected chi connectivity index (χ1v) is 8.99. The van der Waals surface area contributed by atoms with Gasteiger partial charge in [-0.25, -0.2) is 0 Å². The third-order valence-corrected chi connectivity index (χ3v) is 5.25. The summed E-state index contributed by atoms with van der Waals surface area (Å²) in [5, 5.41) is 0. The molecule has 1 heterocycles. The Hall–Kier alpha value is -1.83. The topological polar surface area (TPSA) is 20.3 Å². The number of benzene rings is 1. The van der Waals surface area contributed by atoms with Crippen LogP contribution in [0, 0.1) is 5.41 Å². The van der Waals surface area contributed by atoms with Crippen molar-refractivity contribution in [3.63, 3.8) is 0 Å². The molecule has 0 N–H and O–H groups in total. The molecule has 0 bridgehead atoms. The van der Waals surface area contributed by atoms with E-state index in [2.05, 4.69) is 49.1 Å². The molecule has 1 fully saturated rings. The van der Waals surface area contributed by atoms with E-state index >= 15 is 0 Å². The van der Waals surface area contributed by atoms with Gasteiger partial charge in [0.15, 0.2) is 0 Å². The molecule has 1 atom stereocenters. The van der Waals surface area contributed by atoms with E-state index in [1.807, 2.05) is 18.2 Å². The number of β-lactam (4-membered cyclic amide) rings is 1. The molecule has 1 aliphatic heterocycles. The van der Waals surface area contributed by atoms with Crippen LogP contribution >= 0.6 is 0 Å². The van der Waals surface area contributed by atoms with Gasteiger partial charge in [0, 0.05) is 5.69 Å². The largest absolute Gasteiger partial charge is 0.304 e. The van der Waals surface area contributed by atoms with Crippen molar-refractivity contribution < 1.29 is 4.79 Å². The Morgan fingerprint density at radius 1 is 1.13 bits per heavy atom. The number of nitrogens with zero attached hydrogens (tertiary/aromatic N) is 1. The zero-order chi connectivity index (χ0) is 16.3. The summed E-state index contributed by atoms with van der Waals surface area (Å²) in [5.74, 6) is 0.327. The molecule has 3 rings (SSSR count). The molecule has 0 saturated carbocycles. The minimum absolute atomic E-state index is 0.184. The summed E-state index contributed by atoms with van der Waals surface area (Å²) in [6.45, 7) is 4.39. The number of carbonyl (C=O) groups excluding carboxylic acids is 1. The van der Waals surface area contributed by atoms with Crippen LogP contribution in [0.15, 0.2) is 54.1 Å². The fourth-order valence-corrected chi connectivity index (χ4v) is 4.38. The molecule has 1 aliphatic carbocycles. The molecule has 1 aromatic rings. The lowest BCUT2D eigenvalue weighted by Crippen LogP contribution is -2.70. The number of hydrogen-bond acceptors (Lipinski definition) is 1. The monoisotopic (exact) mass is 309 g/mol. The third kappa shape index (κ3) is 2.65. The first-order valence-electron chi connectivity index (χ1n) is 8.99. The number of carbonyl (C=O) groups is 1. The van der Waals surface area contributed by atoms with Crippen LogP contribution in [0.1, 0.15) is 52.4 Å². The van der Waals surface area contributed by atoms with E-state index in [-0.39, 0.29) is 11.5 Å². The van der Waals surface area contributed by atoms with Gasteiger partial charge in [0.1, 0.15) is 0 Å². The highest BCUT2D eigenvalue weighted by Crippen LogP contribution is 2.52. The zero-order valence-electron chi connectivity index (χ0n) is 14.3. The Bertz CT molecular complexity index is 608. The van der Waals surface area contributed by atoms with E-state index in [1.54, 1.807) is 0 Å². The molecule has 1 saturated heterocycles. The van der Waals surface area contributed by atoms with Gasteiger partial charge < -0.3 is 4.90 Å². The van der Waals surface area contributed by atoms with Gasteiger partial charge >= 0.3 is 0 Å². The Morgan fingerprint density at radius 3 is 2.39 bits per heavy atom. The van der Waals surface area contributed by atoms with Gasteiger partial charge in [-0.3, -0.25) is 4.79 Å². The highest BCUT2D eigenvalue weighted by atomic mass is 16.2. The Balaban J connectivity index is 2.02. The van der Waals surface area contributed by atoms with Crippen LogP contribution < -0.4 is 4.90 Å². The lowest BCUT2D eigenvalue weighted by Gasteiger charge is -2.57. The van der Waals surface area contributed by atoms with Gasteiger partial charge in [0.2, 0.25) is 5.91 Å². The second-order valence-corrected chi connectivity index (χ2v) is 6.78. The summed E-state index contributed by atoms with van der Waals surface area (Å²) in [5.41, 5.74) is 2.29. The van der Waals surface area contributed by atoms with Gasteiger partial charge in [-0.1, -0.05) is 63.1 Å². The highest BCUT2D eigenvalue weighted by molar-refractivity contribution is 6.07. The van der Waals surface area contributed by atoms with E-state index in [0.717, 1.165) is 44.2 Å². The van der Waals surface area contributed by atoms with Crippen LogP contribution in [-0.2, 0) is 4.79 Å². The lowest BCUT2D eigenvalue weighted by atomic mass is 9.61. The maximum Gasteiger partial charge on any atom is 0.236 e. The highest BCUT2D eigenvalue weighted by Gasteiger charge is 2.60. The third-order valence-electron chi connectivity index (χ3n) is 5.25. The molecule has 122 valence electrons. The van der Waals surface area contributed by atoms with Crippen LogP contribution in [-0.4, -0.2) is 11.9 Å². The SMILES string of the molecule is CCCC1(CCC)C(=O)N(c2ccccc2)C1C1=CC=CCC1. The van der Waals surface area contributed by atoms with E-state index in [4.69, 9.17) is 0 Å². The number of anilines is 1. The van der Waals surface area contributed by atoms with Gasteiger partial charge in [-0.05, 0) is 43.4 Å². The number of rotatable bonds is 6. The van der Waals surface area contributed by atoms with Crippen molar-refractivity contribution in [1.82, 2.24) is 0 Å². The smallest absolute Gasteiger partial charge is 0.236 e. The number of hydrogen-bond donors (Lipinski definition) is 0. The normalized spacial score (nSPS) is 22.7. The molecule has 1 amide bonds. The van der Waals surface area contributed by atoms with E-state index < -0.39 is 0 Å². The molecular weight excluding hydrogens is 282 g/mol. The fraction of sp³-hybridized carbons (Fsp3) is 0.476. The number of amides is 1. The van der Waals surface area contributed by atoms with Crippen LogP contribution in [0.2, 0.25) is 0 Å². The summed E-state index contributed by atoms with van der Waals surface area (Å²) < 4.78 is 0. The molecule has 2 heteroatoms. The molecule has 23 heavy (non-hydrogen) atoms. The quantitative estimate of drug-likeness (QED) is 0.656. The second kappa shape index (κ2) is 6.74. The average Bonchev–Trinajstić information content (AvgIpc) is 2.60. The molecule has 1 unspecified atom stereocenters. The van der Waals surface area contributed by atoms with Gasteiger partial charge in [0.05, 0.1) is 11.5 Å². The van der Waals surface area contributed by atoms with Gasteiger partial charge in [-0.2, -0.15) is 0 Å². The molecule has 0 radical (unpaired) electrons. The first kappa shape index (κ1) is 16.0. The Kier molecular flexibility index (Phi) is 4.70. The number of para-hydroxylation sites is 1. The standard InChI is InChI=1S/C21H27NO/c1-3-15-21(16-4-2)19(17-11-7-5-8-12-17)22(20(21)23)18-13-9-6-10-14-18/h5-7,9-11,13-14,19H,3-4,8,12,15-16H2,1-2H3. The summed E-state index contributed by atoms with van der Waals surface area (Å²) in [7, 11) is 0. The molecule has 1 aromatic carbocycles. The van der Waals surface area contributed by atoms with Crippen molar-refractivity contribution in [3.8, 4) is 0 Å². The predicted molar refractivity (Wildman–Crippen MR) is 96.4 cm³/mol. The second-order valence-electron chi connectivity index (χ2n) is 6.78. The lowest BCUT2D eigenvalue weighted by molar-refractivity contribution is -0.140. The average molecular weight is 309 g/mol. The first-order chi connectivity index (χ1) is 11.2. The van der Waals surface area contributed by atoms with Crippen LogP contribution in [0.4, 0.5) is 5.69 Å². The van der Waals surface area contributed by atoms with Crippen LogP contribution in [0.25, 0.3) is 0 Å². The van der Waals surface area contributed by atoms with Crippen molar-refractivity contribution in [2.45, 2.75) is 58.4 Å². The van der Waals surface area contributed by atoms with Crippen molar-refractivity contribution in [1.29, 1.82) is 0 Å². The van der Waals surface area contributed by atoms with Crippen LogP contribution in [0.3, 0.4) is 0 Å². The minimum Gasteiger partial charge on any atom is -0.304 e. The fourth-order valence-electron chi connectivity index (χ4n) is 4.38. The zero-order valence-corrected chi connectivity index (χ0v) is 14.3. The van der Waals surface area contributed by atoms with E-state index in [9.17, 15) is 4.79 Å². The summed E-state index contributed by atoms with van der Waals surface area (Å²) in [4.78, 5) is 15.2.